The Morgan fingerprint density at radius 2 is 2.11 bits per heavy atom. The number of nitro groups is 1. The van der Waals surface area contributed by atoms with Gasteiger partial charge in [0.25, 0.3) is 5.69 Å². The average molecular weight is 291 g/mol. The van der Waals surface area contributed by atoms with Crippen LogP contribution in [0.4, 0.5) is 11.4 Å². The van der Waals surface area contributed by atoms with E-state index in [9.17, 15) is 25.1 Å². The number of halogens is 1. The molecule has 0 aliphatic heterocycles. The molecule has 2 unspecified atom stereocenters. The van der Waals surface area contributed by atoms with Gasteiger partial charge >= 0.3 is 5.97 Å². The predicted molar refractivity (Wildman–Crippen MR) is 65.5 cm³/mol. The maximum Gasteiger partial charge on any atom is 0.337 e. The van der Waals surface area contributed by atoms with Crippen LogP contribution in [-0.4, -0.2) is 34.3 Å². The lowest BCUT2D eigenvalue weighted by atomic mass is 10.0. The standard InChI is InChI=1S/C10H11ClN2O6/c1-19-10(16)9(15)8(14)4-2-7(13(17)18)6(12)3-5(4)11/h2-3,8-9,14-15H,12H2,1H3. The van der Waals surface area contributed by atoms with E-state index < -0.39 is 28.8 Å². The van der Waals surface area contributed by atoms with Crippen LogP contribution >= 0.6 is 11.6 Å². The zero-order valence-electron chi connectivity index (χ0n) is 9.74. The lowest BCUT2D eigenvalue weighted by Gasteiger charge is -2.17. The van der Waals surface area contributed by atoms with Crippen molar-refractivity contribution in [3.63, 3.8) is 0 Å². The van der Waals surface area contributed by atoms with E-state index in [-0.39, 0.29) is 16.3 Å². The molecule has 9 heteroatoms. The molecule has 0 radical (unpaired) electrons. The minimum atomic E-state index is -1.91. The van der Waals surface area contributed by atoms with Gasteiger partial charge in [-0.25, -0.2) is 4.79 Å². The van der Waals surface area contributed by atoms with Crippen LogP contribution in [0.3, 0.4) is 0 Å². The molecule has 1 rings (SSSR count). The first kappa shape index (κ1) is 15.2. The van der Waals surface area contributed by atoms with Crippen LogP contribution in [0, 0.1) is 10.1 Å². The fourth-order valence-electron chi connectivity index (χ4n) is 1.40. The highest BCUT2D eigenvalue weighted by atomic mass is 35.5. The Balaban J connectivity index is 3.23. The molecule has 104 valence electrons. The van der Waals surface area contributed by atoms with E-state index in [0.717, 1.165) is 19.2 Å². The molecule has 2 atom stereocenters. The average Bonchev–Trinajstić information content (AvgIpc) is 2.35. The van der Waals surface area contributed by atoms with Crippen LogP contribution in [0.1, 0.15) is 11.7 Å². The van der Waals surface area contributed by atoms with Crippen molar-refractivity contribution in [3.8, 4) is 0 Å². The first-order valence-corrected chi connectivity index (χ1v) is 5.34. The summed E-state index contributed by atoms with van der Waals surface area (Å²) in [5.74, 6) is -1.09. The van der Waals surface area contributed by atoms with Crippen LogP contribution in [0.2, 0.25) is 5.02 Å². The molecule has 0 aliphatic rings. The van der Waals surface area contributed by atoms with Gasteiger partial charge in [-0.2, -0.15) is 0 Å². The summed E-state index contributed by atoms with van der Waals surface area (Å²) >= 11 is 5.77. The second-order valence-electron chi connectivity index (χ2n) is 3.60. The van der Waals surface area contributed by atoms with Gasteiger partial charge in [-0.05, 0) is 6.07 Å². The van der Waals surface area contributed by atoms with Crippen molar-refractivity contribution in [1.29, 1.82) is 0 Å². The number of hydrogen-bond acceptors (Lipinski definition) is 7. The van der Waals surface area contributed by atoms with Gasteiger partial charge in [0.1, 0.15) is 11.8 Å². The lowest BCUT2D eigenvalue weighted by molar-refractivity contribution is -0.384. The molecule has 1 aromatic rings. The molecule has 0 aromatic heterocycles. The van der Waals surface area contributed by atoms with Gasteiger partial charge in [0.2, 0.25) is 0 Å². The third kappa shape index (κ3) is 3.11. The molecule has 0 saturated carbocycles. The Hall–Kier alpha value is -1.90. The number of hydrogen-bond donors (Lipinski definition) is 3. The van der Waals surface area contributed by atoms with E-state index in [1.165, 1.54) is 0 Å². The molecule has 0 spiro atoms. The monoisotopic (exact) mass is 290 g/mol. The quantitative estimate of drug-likeness (QED) is 0.316. The Bertz CT molecular complexity index is 521. The Kier molecular flexibility index (Phi) is 4.65. The number of nitrogens with zero attached hydrogens (tertiary/aromatic N) is 1. The highest BCUT2D eigenvalue weighted by Gasteiger charge is 2.30. The molecular weight excluding hydrogens is 280 g/mol. The van der Waals surface area contributed by atoms with E-state index in [0.29, 0.717) is 0 Å². The number of esters is 1. The number of aliphatic hydroxyl groups excluding tert-OH is 2. The summed E-state index contributed by atoms with van der Waals surface area (Å²) in [7, 11) is 1.02. The van der Waals surface area contributed by atoms with Crippen molar-refractivity contribution in [2.45, 2.75) is 12.2 Å². The molecule has 19 heavy (non-hydrogen) atoms. The van der Waals surface area contributed by atoms with Crippen LogP contribution in [-0.2, 0) is 9.53 Å². The van der Waals surface area contributed by atoms with Gasteiger partial charge in [-0.3, -0.25) is 10.1 Å². The number of ether oxygens (including phenoxy) is 1. The fraction of sp³-hybridized carbons (Fsp3) is 0.300. The Morgan fingerprint density at radius 1 is 1.53 bits per heavy atom. The number of carbonyl (C=O) groups excluding carboxylic acids is 1. The van der Waals surface area contributed by atoms with Gasteiger partial charge in [0.05, 0.1) is 12.0 Å². The molecule has 0 aliphatic carbocycles. The van der Waals surface area contributed by atoms with Crippen molar-refractivity contribution < 1.29 is 24.7 Å². The number of nitrogen functional groups attached to an aromatic ring is 1. The number of benzene rings is 1. The van der Waals surface area contributed by atoms with E-state index in [2.05, 4.69) is 4.74 Å². The number of carbonyl (C=O) groups is 1. The molecule has 0 heterocycles. The molecule has 0 fully saturated rings. The van der Waals surface area contributed by atoms with Crippen molar-refractivity contribution in [3.05, 3.63) is 32.8 Å². The second kappa shape index (κ2) is 5.83. The summed E-state index contributed by atoms with van der Waals surface area (Å²) in [6.45, 7) is 0. The summed E-state index contributed by atoms with van der Waals surface area (Å²) < 4.78 is 4.25. The molecular formula is C10H11ClN2O6. The first-order chi connectivity index (χ1) is 8.79. The third-order valence-corrected chi connectivity index (χ3v) is 2.73. The maximum atomic E-state index is 11.1. The zero-order valence-corrected chi connectivity index (χ0v) is 10.5. The second-order valence-corrected chi connectivity index (χ2v) is 4.01. The summed E-state index contributed by atoms with van der Waals surface area (Å²) in [5, 5.41) is 29.9. The molecule has 4 N–H and O–H groups in total. The third-order valence-electron chi connectivity index (χ3n) is 2.40. The first-order valence-electron chi connectivity index (χ1n) is 4.96. The number of nitro benzene ring substituents is 1. The van der Waals surface area contributed by atoms with Crippen LogP contribution in [0.25, 0.3) is 0 Å². The topological polar surface area (TPSA) is 136 Å². The maximum absolute atomic E-state index is 11.1. The van der Waals surface area contributed by atoms with Gasteiger partial charge in [-0.1, -0.05) is 11.6 Å². The van der Waals surface area contributed by atoms with Crippen molar-refractivity contribution in [2.75, 3.05) is 12.8 Å². The molecule has 0 bridgehead atoms. The van der Waals surface area contributed by atoms with Crippen molar-refractivity contribution >= 4 is 28.9 Å². The summed E-state index contributed by atoms with van der Waals surface area (Å²) in [4.78, 5) is 21.0. The number of methoxy groups -OCH3 is 1. The molecule has 1 aromatic carbocycles. The largest absolute Gasteiger partial charge is 0.467 e. The van der Waals surface area contributed by atoms with E-state index >= 15 is 0 Å². The van der Waals surface area contributed by atoms with Crippen LogP contribution in [0.5, 0.6) is 0 Å². The Labute approximate surface area is 112 Å². The van der Waals surface area contributed by atoms with Crippen molar-refractivity contribution in [2.24, 2.45) is 0 Å². The highest BCUT2D eigenvalue weighted by Crippen LogP contribution is 2.33. The normalized spacial score (nSPS) is 13.7. The fourth-order valence-corrected chi connectivity index (χ4v) is 1.68. The molecule has 0 amide bonds. The van der Waals surface area contributed by atoms with Gasteiger partial charge < -0.3 is 20.7 Å². The SMILES string of the molecule is COC(=O)C(O)C(O)c1cc([N+](=O)[O-])c(N)cc1Cl. The van der Waals surface area contributed by atoms with Gasteiger partial charge in [-0.15, -0.1) is 0 Å². The van der Waals surface area contributed by atoms with E-state index in [4.69, 9.17) is 17.3 Å². The predicted octanol–water partition coefficient (Wildman–Crippen LogP) is 0.398. The number of rotatable bonds is 4. The number of anilines is 1. The summed E-state index contributed by atoms with van der Waals surface area (Å²) in [5.41, 5.74) is 4.51. The minimum absolute atomic E-state index is 0.112. The lowest BCUT2D eigenvalue weighted by Crippen LogP contribution is -2.29. The highest BCUT2D eigenvalue weighted by molar-refractivity contribution is 6.31. The summed E-state index contributed by atoms with van der Waals surface area (Å²) in [6, 6.07) is 1.96. The molecule has 0 saturated heterocycles. The molecule has 8 nitrogen and oxygen atoms in total. The van der Waals surface area contributed by atoms with Crippen LogP contribution in [0.15, 0.2) is 12.1 Å². The summed E-state index contributed by atoms with van der Waals surface area (Å²) in [6.07, 6.45) is -3.68. The number of nitrogens with two attached hydrogens (primary N) is 1. The van der Waals surface area contributed by atoms with Crippen molar-refractivity contribution in [1.82, 2.24) is 0 Å². The van der Waals surface area contributed by atoms with E-state index in [1.807, 2.05) is 0 Å². The zero-order chi connectivity index (χ0) is 14.7. The van der Waals surface area contributed by atoms with Gasteiger partial charge in [0.15, 0.2) is 6.10 Å². The smallest absolute Gasteiger partial charge is 0.337 e. The van der Waals surface area contributed by atoms with Gasteiger partial charge in [0, 0.05) is 16.7 Å². The van der Waals surface area contributed by atoms with Crippen LogP contribution < -0.4 is 5.73 Å². The minimum Gasteiger partial charge on any atom is -0.467 e. The van der Waals surface area contributed by atoms with E-state index in [1.54, 1.807) is 0 Å². The Morgan fingerprint density at radius 3 is 2.58 bits per heavy atom. The number of aliphatic hydroxyl groups is 2.